The lowest BCUT2D eigenvalue weighted by atomic mass is 10.1. The minimum absolute atomic E-state index is 0.172. The molecule has 0 heterocycles. The molecule has 11 heteroatoms. The molecular formula is C21H16N4O7. The first-order valence-electron chi connectivity index (χ1n) is 9.12. The number of nitro benzene ring substituents is 2. The zero-order valence-corrected chi connectivity index (χ0v) is 16.3. The number of nitrogens with one attached hydrogen (secondary N) is 1. The Labute approximate surface area is 180 Å². The van der Waals surface area contributed by atoms with Crippen LogP contribution in [-0.2, 0) is 4.79 Å². The Hall–Kier alpha value is -4.64. The third-order valence-corrected chi connectivity index (χ3v) is 4.19. The van der Waals surface area contributed by atoms with Crippen LogP contribution in [0.5, 0.6) is 11.5 Å². The maximum absolute atomic E-state index is 12.0. The molecule has 0 saturated heterocycles. The van der Waals surface area contributed by atoms with Gasteiger partial charge >= 0.3 is 5.69 Å². The summed E-state index contributed by atoms with van der Waals surface area (Å²) >= 11 is 0. The Morgan fingerprint density at radius 2 is 1.75 bits per heavy atom. The van der Waals surface area contributed by atoms with Gasteiger partial charge in [0, 0.05) is 6.07 Å². The Morgan fingerprint density at radius 1 is 1.00 bits per heavy atom. The first kappa shape index (κ1) is 22.1. The first-order chi connectivity index (χ1) is 15.3. The first-order valence-corrected chi connectivity index (χ1v) is 9.12. The highest BCUT2D eigenvalue weighted by Gasteiger charge is 2.21. The van der Waals surface area contributed by atoms with Crippen LogP contribution >= 0.6 is 0 Å². The number of amides is 1. The van der Waals surface area contributed by atoms with E-state index in [1.165, 1.54) is 18.3 Å². The third-order valence-electron chi connectivity index (χ3n) is 4.19. The monoisotopic (exact) mass is 436 g/mol. The average molecular weight is 436 g/mol. The maximum Gasteiger partial charge on any atom is 0.318 e. The summed E-state index contributed by atoms with van der Waals surface area (Å²) in [7, 11) is 0. The van der Waals surface area contributed by atoms with Crippen LogP contribution in [0.3, 0.4) is 0 Å². The Bertz CT molecular complexity index is 1180. The second kappa shape index (κ2) is 9.91. The van der Waals surface area contributed by atoms with E-state index in [2.05, 4.69) is 10.5 Å². The van der Waals surface area contributed by atoms with Gasteiger partial charge in [0.1, 0.15) is 5.75 Å². The molecule has 2 N–H and O–H groups in total. The number of rotatable bonds is 8. The summed E-state index contributed by atoms with van der Waals surface area (Å²) in [5.74, 6) is -0.683. The van der Waals surface area contributed by atoms with E-state index in [0.717, 1.165) is 18.2 Å². The van der Waals surface area contributed by atoms with Crippen LogP contribution in [0.2, 0.25) is 0 Å². The van der Waals surface area contributed by atoms with Gasteiger partial charge in [-0.1, -0.05) is 42.5 Å². The van der Waals surface area contributed by atoms with Crippen LogP contribution in [0.1, 0.15) is 17.2 Å². The van der Waals surface area contributed by atoms with Gasteiger partial charge in [-0.3, -0.25) is 25.0 Å². The van der Waals surface area contributed by atoms with Crippen LogP contribution in [0.15, 0.2) is 77.9 Å². The minimum atomic E-state index is -1.38. The quantitative estimate of drug-likeness (QED) is 0.311. The molecule has 0 spiro atoms. The van der Waals surface area contributed by atoms with Crippen molar-refractivity contribution in [1.82, 2.24) is 5.43 Å². The number of benzene rings is 3. The van der Waals surface area contributed by atoms with Gasteiger partial charge in [-0.15, -0.1) is 0 Å². The molecule has 32 heavy (non-hydrogen) atoms. The Kier molecular flexibility index (Phi) is 6.83. The van der Waals surface area contributed by atoms with Gasteiger partial charge in [-0.2, -0.15) is 5.10 Å². The number of hydrogen-bond donors (Lipinski definition) is 2. The number of aliphatic hydroxyl groups is 1. The van der Waals surface area contributed by atoms with E-state index in [1.54, 1.807) is 42.5 Å². The maximum atomic E-state index is 12.0. The van der Waals surface area contributed by atoms with E-state index in [-0.39, 0.29) is 11.5 Å². The highest BCUT2D eigenvalue weighted by atomic mass is 16.6. The van der Waals surface area contributed by atoms with Gasteiger partial charge in [0.2, 0.25) is 5.75 Å². The van der Waals surface area contributed by atoms with Gasteiger partial charge in [0.15, 0.2) is 6.10 Å². The predicted octanol–water partition coefficient (Wildman–Crippen LogP) is 3.48. The number of nitro groups is 2. The fourth-order valence-corrected chi connectivity index (χ4v) is 2.65. The molecule has 3 aromatic carbocycles. The SMILES string of the molecule is O=C(N/N=C/c1cccc(Oc2ccc([N+](=O)[O-])cc2[N+](=O)[O-])c1)C(O)c1ccccc1. The molecule has 0 aliphatic heterocycles. The fraction of sp³-hybridized carbons (Fsp3) is 0.0476. The molecule has 3 aromatic rings. The summed E-state index contributed by atoms with van der Waals surface area (Å²) in [6, 6.07) is 17.7. The van der Waals surface area contributed by atoms with Crippen molar-refractivity contribution in [2.24, 2.45) is 5.10 Å². The van der Waals surface area contributed by atoms with Crippen LogP contribution in [0, 0.1) is 20.2 Å². The lowest BCUT2D eigenvalue weighted by Gasteiger charge is -2.08. The molecule has 3 rings (SSSR count). The predicted molar refractivity (Wildman–Crippen MR) is 113 cm³/mol. The molecule has 1 atom stereocenters. The van der Waals surface area contributed by atoms with Crippen molar-refractivity contribution in [2.45, 2.75) is 6.10 Å². The molecule has 1 unspecified atom stereocenters. The number of ether oxygens (including phenoxy) is 1. The average Bonchev–Trinajstić information content (AvgIpc) is 2.79. The molecule has 0 bridgehead atoms. The zero-order chi connectivity index (χ0) is 23.1. The van der Waals surface area contributed by atoms with Gasteiger partial charge in [-0.25, -0.2) is 5.43 Å². The molecule has 0 aromatic heterocycles. The number of carbonyl (C=O) groups excluding carboxylic acids is 1. The molecule has 162 valence electrons. The minimum Gasteiger partial charge on any atom is -0.450 e. The molecule has 0 aliphatic rings. The van der Waals surface area contributed by atoms with Crippen LogP contribution < -0.4 is 10.2 Å². The number of hydrazone groups is 1. The van der Waals surface area contributed by atoms with Crippen molar-refractivity contribution < 1.29 is 24.5 Å². The van der Waals surface area contributed by atoms with Gasteiger partial charge in [0.05, 0.1) is 22.1 Å². The van der Waals surface area contributed by atoms with Crippen LogP contribution in [0.4, 0.5) is 11.4 Å². The van der Waals surface area contributed by atoms with Gasteiger partial charge in [0.25, 0.3) is 11.6 Å². The van der Waals surface area contributed by atoms with Crippen LogP contribution in [0.25, 0.3) is 0 Å². The lowest BCUT2D eigenvalue weighted by Crippen LogP contribution is -2.25. The summed E-state index contributed by atoms with van der Waals surface area (Å²) in [5.41, 5.74) is 2.14. The topological polar surface area (TPSA) is 157 Å². The van der Waals surface area contributed by atoms with Crippen LogP contribution in [-0.4, -0.2) is 27.1 Å². The van der Waals surface area contributed by atoms with Crippen molar-refractivity contribution in [3.63, 3.8) is 0 Å². The Morgan fingerprint density at radius 3 is 2.44 bits per heavy atom. The number of aliphatic hydroxyl groups excluding tert-OH is 1. The molecule has 0 saturated carbocycles. The van der Waals surface area contributed by atoms with Gasteiger partial charge < -0.3 is 9.84 Å². The summed E-state index contributed by atoms with van der Waals surface area (Å²) in [6.45, 7) is 0. The van der Waals surface area contributed by atoms with E-state index in [9.17, 15) is 30.1 Å². The van der Waals surface area contributed by atoms with Crippen molar-refractivity contribution >= 4 is 23.5 Å². The summed E-state index contributed by atoms with van der Waals surface area (Å²) in [4.78, 5) is 32.6. The second-order valence-electron chi connectivity index (χ2n) is 6.39. The highest BCUT2D eigenvalue weighted by molar-refractivity contribution is 5.85. The highest BCUT2D eigenvalue weighted by Crippen LogP contribution is 2.34. The number of carbonyl (C=O) groups is 1. The van der Waals surface area contributed by atoms with Crippen molar-refractivity contribution in [1.29, 1.82) is 0 Å². The van der Waals surface area contributed by atoms with Crippen molar-refractivity contribution in [2.75, 3.05) is 0 Å². The zero-order valence-electron chi connectivity index (χ0n) is 16.3. The number of hydrogen-bond acceptors (Lipinski definition) is 8. The van der Waals surface area contributed by atoms with Gasteiger partial charge in [-0.05, 0) is 29.3 Å². The van der Waals surface area contributed by atoms with E-state index in [0.29, 0.717) is 11.1 Å². The fourth-order valence-electron chi connectivity index (χ4n) is 2.65. The summed E-state index contributed by atoms with van der Waals surface area (Å²) in [6.07, 6.45) is -0.0853. The van der Waals surface area contributed by atoms with Crippen molar-refractivity contribution in [3.8, 4) is 11.5 Å². The van der Waals surface area contributed by atoms with Crippen molar-refractivity contribution in [3.05, 3.63) is 104 Å². The standard InChI is InChI=1S/C21H16N4O7/c26-20(15-6-2-1-3-7-15)21(27)23-22-13-14-5-4-8-17(11-14)32-19-10-9-16(24(28)29)12-18(19)25(30)31/h1-13,20,26H,(H,23,27)/b22-13+. The molecular weight excluding hydrogens is 420 g/mol. The number of non-ortho nitro benzene ring substituents is 1. The summed E-state index contributed by atoms with van der Waals surface area (Å²) < 4.78 is 5.52. The van der Waals surface area contributed by atoms with E-state index >= 15 is 0 Å². The molecule has 0 aliphatic carbocycles. The molecule has 11 nitrogen and oxygen atoms in total. The largest absolute Gasteiger partial charge is 0.450 e. The molecule has 0 fully saturated rings. The molecule has 1 amide bonds. The summed E-state index contributed by atoms with van der Waals surface area (Å²) in [5, 5.41) is 35.9. The van der Waals surface area contributed by atoms with E-state index < -0.39 is 33.2 Å². The number of nitrogens with zero attached hydrogens (tertiary/aromatic N) is 3. The second-order valence-corrected chi connectivity index (χ2v) is 6.39. The molecule has 0 radical (unpaired) electrons. The van der Waals surface area contributed by atoms with E-state index in [4.69, 9.17) is 4.74 Å². The Balaban J connectivity index is 1.70. The smallest absolute Gasteiger partial charge is 0.318 e. The van der Waals surface area contributed by atoms with E-state index in [1.807, 2.05) is 0 Å². The lowest BCUT2D eigenvalue weighted by molar-refractivity contribution is -0.394. The normalized spacial score (nSPS) is 11.7. The third kappa shape index (κ3) is 5.49.